The summed E-state index contributed by atoms with van der Waals surface area (Å²) in [5.74, 6) is 0.931. The van der Waals surface area contributed by atoms with Crippen LogP contribution >= 0.6 is 0 Å². The molecule has 2 heterocycles. The third-order valence-corrected chi connectivity index (χ3v) is 5.62. The highest BCUT2D eigenvalue weighted by Crippen LogP contribution is 2.28. The van der Waals surface area contributed by atoms with Gasteiger partial charge in [0, 0.05) is 30.9 Å². The number of nitrogens with two attached hydrogens (primary N) is 1. The van der Waals surface area contributed by atoms with Crippen molar-refractivity contribution < 1.29 is 9.90 Å². The molecule has 0 aromatic heterocycles. The van der Waals surface area contributed by atoms with E-state index in [9.17, 15) is 9.90 Å². The van der Waals surface area contributed by atoms with Crippen LogP contribution < -0.4 is 10.6 Å². The summed E-state index contributed by atoms with van der Waals surface area (Å²) < 4.78 is 0. The van der Waals surface area contributed by atoms with Crippen molar-refractivity contribution in [3.8, 4) is 0 Å². The summed E-state index contributed by atoms with van der Waals surface area (Å²) >= 11 is 0. The van der Waals surface area contributed by atoms with Crippen molar-refractivity contribution in [2.75, 3.05) is 31.1 Å². The fourth-order valence-electron chi connectivity index (χ4n) is 3.86. The van der Waals surface area contributed by atoms with Gasteiger partial charge in [0.1, 0.15) is 5.84 Å². The van der Waals surface area contributed by atoms with Crippen LogP contribution in [-0.2, 0) is 0 Å². The van der Waals surface area contributed by atoms with Crippen molar-refractivity contribution in [3.05, 3.63) is 71.9 Å². The van der Waals surface area contributed by atoms with Gasteiger partial charge in [0.2, 0.25) is 0 Å². The van der Waals surface area contributed by atoms with Gasteiger partial charge < -0.3 is 20.6 Å². The lowest BCUT2D eigenvalue weighted by Gasteiger charge is -2.31. The highest BCUT2D eigenvalue weighted by Gasteiger charge is 2.24. The van der Waals surface area contributed by atoms with Crippen LogP contribution in [0.1, 0.15) is 28.8 Å². The zero-order valence-electron chi connectivity index (χ0n) is 16.4. The maximum Gasteiger partial charge on any atom is 0.253 e. The molecule has 2 aromatic rings. The average Bonchev–Trinajstić information content (AvgIpc) is 2.79. The lowest BCUT2D eigenvalue weighted by atomic mass is 9.97. The second-order valence-corrected chi connectivity index (χ2v) is 7.55. The standard InChI is InChI=1S/C23H26N4O2/c24-22-15-27(20-4-2-1-3-5-20)21(14-25-22)18-6-8-19(9-7-18)23(29)26-12-10-17(16-28)11-13-26/h1-9,14,17,28H,10-13,15-16H2,(H2,24,25). The molecule has 150 valence electrons. The lowest BCUT2D eigenvalue weighted by Crippen LogP contribution is -2.39. The summed E-state index contributed by atoms with van der Waals surface area (Å²) in [5.41, 5.74) is 9.63. The number of likely N-dealkylation sites (tertiary alicyclic amines) is 1. The number of aliphatic hydroxyl groups is 1. The molecular formula is C23H26N4O2. The number of carbonyl (C=O) groups excluding carboxylic acids is 1. The zero-order valence-corrected chi connectivity index (χ0v) is 16.4. The Morgan fingerprint density at radius 1 is 1.07 bits per heavy atom. The molecule has 29 heavy (non-hydrogen) atoms. The summed E-state index contributed by atoms with van der Waals surface area (Å²) in [6.07, 6.45) is 3.50. The molecule has 2 aliphatic rings. The first-order valence-corrected chi connectivity index (χ1v) is 10.0. The molecule has 0 bridgehead atoms. The first-order chi connectivity index (χ1) is 14.2. The van der Waals surface area contributed by atoms with Gasteiger partial charge >= 0.3 is 0 Å². The zero-order chi connectivity index (χ0) is 20.2. The van der Waals surface area contributed by atoms with Crippen LogP contribution in [-0.4, -0.2) is 48.0 Å². The normalized spacial score (nSPS) is 17.7. The van der Waals surface area contributed by atoms with Gasteiger partial charge in [0.15, 0.2) is 0 Å². The molecule has 1 amide bonds. The van der Waals surface area contributed by atoms with Crippen LogP contribution in [0.5, 0.6) is 0 Å². The minimum Gasteiger partial charge on any atom is -0.396 e. The minimum absolute atomic E-state index is 0.0488. The van der Waals surface area contributed by atoms with Crippen molar-refractivity contribution in [3.63, 3.8) is 0 Å². The van der Waals surface area contributed by atoms with Crippen LogP contribution in [0, 0.1) is 5.92 Å². The molecule has 0 aliphatic carbocycles. The molecule has 1 saturated heterocycles. The second-order valence-electron chi connectivity index (χ2n) is 7.55. The summed E-state index contributed by atoms with van der Waals surface area (Å²) in [4.78, 5) is 21.1. The Hall–Kier alpha value is -3.12. The molecule has 2 aromatic carbocycles. The van der Waals surface area contributed by atoms with E-state index in [0.717, 1.165) is 29.8 Å². The summed E-state index contributed by atoms with van der Waals surface area (Å²) in [6, 6.07) is 17.7. The predicted octanol–water partition coefficient (Wildman–Crippen LogP) is 2.71. The van der Waals surface area contributed by atoms with E-state index in [1.807, 2.05) is 59.5 Å². The molecule has 0 radical (unpaired) electrons. The third-order valence-electron chi connectivity index (χ3n) is 5.62. The number of amidine groups is 1. The molecule has 3 N–H and O–H groups in total. The molecule has 2 aliphatic heterocycles. The van der Waals surface area contributed by atoms with Crippen LogP contribution in [0.3, 0.4) is 0 Å². The number of nitrogens with zero attached hydrogens (tertiary/aromatic N) is 3. The van der Waals surface area contributed by atoms with Crippen molar-refractivity contribution in [1.29, 1.82) is 0 Å². The van der Waals surface area contributed by atoms with Crippen molar-refractivity contribution in [1.82, 2.24) is 4.90 Å². The van der Waals surface area contributed by atoms with E-state index in [1.165, 1.54) is 0 Å². The molecular weight excluding hydrogens is 364 g/mol. The number of amides is 1. The SMILES string of the molecule is NC1=NC=C(c2ccc(C(=O)N3CCC(CO)CC3)cc2)N(c2ccccc2)C1. The topological polar surface area (TPSA) is 82.2 Å². The first kappa shape index (κ1) is 19.2. The smallest absolute Gasteiger partial charge is 0.253 e. The van der Waals surface area contributed by atoms with E-state index in [2.05, 4.69) is 9.89 Å². The number of rotatable bonds is 4. The molecule has 6 nitrogen and oxygen atoms in total. The quantitative estimate of drug-likeness (QED) is 0.841. The Bertz CT molecular complexity index is 914. The summed E-state index contributed by atoms with van der Waals surface area (Å²) in [5, 5.41) is 9.28. The van der Waals surface area contributed by atoms with Gasteiger partial charge in [-0.15, -0.1) is 0 Å². The number of carbonyl (C=O) groups is 1. The van der Waals surface area contributed by atoms with E-state index in [0.29, 0.717) is 37.0 Å². The maximum atomic E-state index is 12.8. The number of para-hydroxylation sites is 1. The Labute approximate surface area is 171 Å². The molecule has 6 heteroatoms. The number of aliphatic imine (C=N–C) groups is 1. The maximum absolute atomic E-state index is 12.8. The predicted molar refractivity (Wildman–Crippen MR) is 116 cm³/mol. The van der Waals surface area contributed by atoms with Gasteiger partial charge in [-0.1, -0.05) is 30.3 Å². The minimum atomic E-state index is 0.0488. The average molecular weight is 390 g/mol. The van der Waals surface area contributed by atoms with Gasteiger partial charge in [0.25, 0.3) is 5.91 Å². The monoisotopic (exact) mass is 390 g/mol. The second kappa shape index (κ2) is 8.49. The van der Waals surface area contributed by atoms with Crippen LogP contribution in [0.15, 0.2) is 65.8 Å². The summed E-state index contributed by atoms with van der Waals surface area (Å²) in [6.45, 7) is 2.13. The lowest BCUT2D eigenvalue weighted by molar-refractivity contribution is 0.0651. The number of benzene rings is 2. The Morgan fingerprint density at radius 2 is 1.76 bits per heavy atom. The Balaban J connectivity index is 1.53. The number of hydrogen-bond acceptors (Lipinski definition) is 5. The van der Waals surface area contributed by atoms with E-state index in [4.69, 9.17) is 5.73 Å². The van der Waals surface area contributed by atoms with Gasteiger partial charge in [0.05, 0.1) is 18.4 Å². The molecule has 0 saturated carbocycles. The molecule has 1 fully saturated rings. The van der Waals surface area contributed by atoms with Crippen molar-refractivity contribution in [2.24, 2.45) is 16.6 Å². The van der Waals surface area contributed by atoms with Crippen molar-refractivity contribution >= 4 is 23.1 Å². The van der Waals surface area contributed by atoms with Gasteiger partial charge in [-0.2, -0.15) is 0 Å². The molecule has 0 atom stereocenters. The highest BCUT2D eigenvalue weighted by molar-refractivity contribution is 5.97. The number of piperidine rings is 1. The van der Waals surface area contributed by atoms with E-state index in [-0.39, 0.29) is 12.5 Å². The molecule has 0 spiro atoms. The van der Waals surface area contributed by atoms with Gasteiger partial charge in [-0.3, -0.25) is 4.79 Å². The van der Waals surface area contributed by atoms with Crippen LogP contribution in [0.25, 0.3) is 5.70 Å². The molecule has 4 rings (SSSR count). The third kappa shape index (κ3) is 4.17. The van der Waals surface area contributed by atoms with Crippen LogP contribution in [0.4, 0.5) is 5.69 Å². The number of anilines is 1. The van der Waals surface area contributed by atoms with E-state index in [1.54, 1.807) is 6.20 Å². The van der Waals surface area contributed by atoms with E-state index >= 15 is 0 Å². The van der Waals surface area contributed by atoms with Gasteiger partial charge in [-0.25, -0.2) is 4.99 Å². The van der Waals surface area contributed by atoms with Crippen LogP contribution in [0.2, 0.25) is 0 Å². The fourth-order valence-corrected chi connectivity index (χ4v) is 3.86. The van der Waals surface area contributed by atoms with E-state index < -0.39 is 0 Å². The summed E-state index contributed by atoms with van der Waals surface area (Å²) in [7, 11) is 0. The fraction of sp³-hybridized carbons (Fsp3) is 0.304. The number of hydrogen-bond donors (Lipinski definition) is 2. The van der Waals surface area contributed by atoms with Crippen molar-refractivity contribution in [2.45, 2.75) is 12.8 Å². The first-order valence-electron chi connectivity index (χ1n) is 10.0. The Morgan fingerprint density at radius 3 is 2.41 bits per heavy atom. The largest absolute Gasteiger partial charge is 0.396 e. The van der Waals surface area contributed by atoms with Gasteiger partial charge in [-0.05, 0) is 48.6 Å². The number of aliphatic hydroxyl groups excluding tert-OH is 1. The molecule has 0 unspecified atom stereocenters. The highest BCUT2D eigenvalue weighted by atomic mass is 16.3. The Kier molecular flexibility index (Phi) is 5.62.